The predicted octanol–water partition coefficient (Wildman–Crippen LogP) is 13.6. The van der Waals surface area contributed by atoms with Crippen LogP contribution in [0.3, 0.4) is 0 Å². The van der Waals surface area contributed by atoms with Crippen molar-refractivity contribution < 1.29 is 0 Å². The number of amidine groups is 1. The van der Waals surface area contributed by atoms with Crippen LogP contribution in [0.1, 0.15) is 47.2 Å². The van der Waals surface area contributed by atoms with E-state index in [9.17, 15) is 0 Å². The molecule has 9 aromatic rings. The zero-order chi connectivity index (χ0) is 40.3. The predicted molar refractivity (Wildman–Crippen MR) is 251 cm³/mol. The largest absolute Gasteiger partial charge is 0.357 e. The molecule has 9 aromatic carbocycles. The zero-order valence-electron chi connectivity index (χ0n) is 33.5. The van der Waals surface area contributed by atoms with Crippen molar-refractivity contribution in [3.05, 3.63) is 240 Å². The molecule has 0 radical (unpaired) electrons. The number of nitrogens with one attached hydrogen (secondary N) is 2. The highest BCUT2D eigenvalue weighted by Crippen LogP contribution is 2.43. The lowest BCUT2D eigenvalue weighted by Crippen LogP contribution is -2.36. The first-order chi connectivity index (χ1) is 29.4. The Labute approximate surface area is 350 Å². The lowest BCUT2D eigenvalue weighted by atomic mass is 9.81. The minimum atomic E-state index is -0.707. The van der Waals surface area contributed by atoms with Crippen LogP contribution in [0.2, 0.25) is 0 Å². The van der Waals surface area contributed by atoms with Crippen molar-refractivity contribution in [1.29, 1.82) is 0 Å². The van der Waals surface area contributed by atoms with Gasteiger partial charge in [-0.2, -0.15) is 0 Å². The normalized spacial score (nSPS) is 18.1. The molecule has 2 heterocycles. The summed E-state index contributed by atoms with van der Waals surface area (Å²) in [5.74, 6) is 0.854. The fraction of sp³-hybridized carbons (Fsp3) is 0.0714. The molecule has 0 aromatic heterocycles. The topological polar surface area (TPSA) is 48.8 Å². The third-order valence-electron chi connectivity index (χ3n) is 12.4. The molecule has 2 aliphatic heterocycles. The van der Waals surface area contributed by atoms with Gasteiger partial charge < -0.3 is 10.6 Å². The van der Waals surface area contributed by atoms with Crippen LogP contribution in [-0.2, 0) is 11.2 Å². The summed E-state index contributed by atoms with van der Waals surface area (Å²) < 4.78 is 0. The summed E-state index contributed by atoms with van der Waals surface area (Å²) in [6.45, 7) is 4.40. The minimum Gasteiger partial charge on any atom is -0.357 e. The Morgan fingerprint density at radius 3 is 1.50 bits per heavy atom. The van der Waals surface area contributed by atoms with Gasteiger partial charge in [0.2, 0.25) is 0 Å². The van der Waals surface area contributed by atoms with E-state index in [0.717, 1.165) is 56.3 Å². The van der Waals surface area contributed by atoms with Crippen LogP contribution < -0.4 is 10.6 Å². The van der Waals surface area contributed by atoms with E-state index in [1.165, 1.54) is 43.8 Å². The number of fused-ring (bicyclic) bond motifs is 4. The SMILES string of the molecule is CC1(c2ccc(C3(C)N=C(c4ccc5cc(-c6ccccc6)ccc5c4)Nc4ccccc43)cc2)N=C(c2ccc3cc(-c4ccccc4)ccc3c2)c2ccccc2N1. The van der Waals surface area contributed by atoms with E-state index < -0.39 is 11.2 Å². The van der Waals surface area contributed by atoms with Crippen LogP contribution in [0.25, 0.3) is 43.8 Å². The Kier molecular flexibility index (Phi) is 8.35. The van der Waals surface area contributed by atoms with Gasteiger partial charge in [0.05, 0.1) is 5.71 Å². The lowest BCUT2D eigenvalue weighted by molar-refractivity contribution is 0.568. The average molecular weight is 771 g/mol. The van der Waals surface area contributed by atoms with E-state index in [-0.39, 0.29) is 0 Å². The molecular formula is C56H42N4. The molecule has 0 amide bonds. The molecule has 0 bridgehead atoms. The van der Waals surface area contributed by atoms with E-state index in [2.05, 4.69) is 231 Å². The van der Waals surface area contributed by atoms with Gasteiger partial charge in [0, 0.05) is 33.6 Å². The summed E-state index contributed by atoms with van der Waals surface area (Å²) in [6, 6.07) is 73.7. The van der Waals surface area contributed by atoms with Crippen LogP contribution in [0.15, 0.2) is 216 Å². The van der Waals surface area contributed by atoms with Gasteiger partial charge in [-0.05, 0) is 105 Å². The van der Waals surface area contributed by atoms with Crippen molar-refractivity contribution in [2.24, 2.45) is 9.98 Å². The second-order valence-corrected chi connectivity index (χ2v) is 16.3. The Balaban J connectivity index is 0.944. The highest BCUT2D eigenvalue weighted by Gasteiger charge is 2.37. The molecule has 11 rings (SSSR count). The first-order valence-electron chi connectivity index (χ1n) is 20.6. The number of hydrogen-bond acceptors (Lipinski definition) is 4. The molecule has 0 aliphatic carbocycles. The number of nitrogens with zero attached hydrogens (tertiary/aromatic N) is 2. The van der Waals surface area contributed by atoms with Crippen LogP contribution >= 0.6 is 0 Å². The Morgan fingerprint density at radius 2 is 0.867 bits per heavy atom. The molecule has 286 valence electrons. The number of benzene rings is 9. The quantitative estimate of drug-likeness (QED) is 0.177. The summed E-state index contributed by atoms with van der Waals surface area (Å²) in [7, 11) is 0. The maximum atomic E-state index is 5.53. The highest BCUT2D eigenvalue weighted by atomic mass is 15.2. The number of aliphatic imine (C=N–C) groups is 2. The summed E-state index contributed by atoms with van der Waals surface area (Å²) in [4.78, 5) is 11.0. The lowest BCUT2D eigenvalue weighted by Gasteiger charge is -2.36. The van der Waals surface area contributed by atoms with Gasteiger partial charge in [-0.15, -0.1) is 0 Å². The molecule has 2 unspecified atom stereocenters. The van der Waals surface area contributed by atoms with Gasteiger partial charge in [0.1, 0.15) is 11.4 Å². The summed E-state index contributed by atoms with van der Waals surface area (Å²) in [5, 5.41) is 12.3. The maximum Gasteiger partial charge on any atom is 0.153 e. The van der Waals surface area contributed by atoms with Crippen LogP contribution in [0.4, 0.5) is 11.4 Å². The second-order valence-electron chi connectivity index (χ2n) is 16.3. The smallest absolute Gasteiger partial charge is 0.153 e. The molecule has 4 heteroatoms. The minimum absolute atomic E-state index is 0.630. The van der Waals surface area contributed by atoms with Crippen molar-refractivity contribution >= 4 is 44.5 Å². The van der Waals surface area contributed by atoms with Gasteiger partial charge in [-0.3, -0.25) is 9.98 Å². The first-order valence-corrected chi connectivity index (χ1v) is 20.6. The van der Waals surface area contributed by atoms with Gasteiger partial charge in [0.15, 0.2) is 5.66 Å². The van der Waals surface area contributed by atoms with E-state index in [0.29, 0.717) is 0 Å². The van der Waals surface area contributed by atoms with Crippen molar-refractivity contribution in [1.82, 2.24) is 0 Å². The van der Waals surface area contributed by atoms with Crippen molar-refractivity contribution in [3.8, 4) is 22.3 Å². The standard InChI is InChI=1S/C56H42N4/c1-55(50-18-10-12-20-52(50)57-54(60-55)46-28-26-42-34-40(22-24-44(42)36-46)38-15-7-4-8-16-38)47-29-31-48(32-30-47)56(2)58-51-19-11-9-17-49(51)53(59-56)45-27-25-41-33-39(21-23-43(41)35-45)37-13-5-3-6-14-37/h3-36,58H,1-2H3,(H,57,60). The Morgan fingerprint density at radius 1 is 0.383 bits per heavy atom. The molecule has 0 saturated heterocycles. The van der Waals surface area contributed by atoms with E-state index in [1.54, 1.807) is 0 Å². The molecule has 0 saturated carbocycles. The molecule has 0 fully saturated rings. The highest BCUT2D eigenvalue weighted by molar-refractivity contribution is 6.18. The number of rotatable bonds is 6. The zero-order valence-corrected chi connectivity index (χ0v) is 33.5. The van der Waals surface area contributed by atoms with Crippen LogP contribution in [-0.4, -0.2) is 11.5 Å². The monoisotopic (exact) mass is 770 g/mol. The van der Waals surface area contributed by atoms with Crippen molar-refractivity contribution in [2.75, 3.05) is 10.6 Å². The molecule has 60 heavy (non-hydrogen) atoms. The van der Waals surface area contributed by atoms with Gasteiger partial charge in [-0.25, -0.2) is 0 Å². The summed E-state index contributed by atoms with van der Waals surface area (Å²) >= 11 is 0. The molecular weight excluding hydrogens is 729 g/mol. The van der Waals surface area contributed by atoms with Gasteiger partial charge >= 0.3 is 0 Å². The fourth-order valence-electron chi connectivity index (χ4n) is 9.07. The first kappa shape index (κ1) is 35.6. The van der Waals surface area contributed by atoms with E-state index >= 15 is 0 Å². The Bertz CT molecular complexity index is 3170. The molecule has 4 nitrogen and oxygen atoms in total. The number of anilines is 2. The number of para-hydroxylation sites is 2. The van der Waals surface area contributed by atoms with E-state index in [1.807, 2.05) is 0 Å². The molecule has 0 spiro atoms. The van der Waals surface area contributed by atoms with Gasteiger partial charge in [0.25, 0.3) is 0 Å². The van der Waals surface area contributed by atoms with Gasteiger partial charge in [-0.1, -0.05) is 170 Å². The maximum absolute atomic E-state index is 5.53. The van der Waals surface area contributed by atoms with Crippen molar-refractivity contribution in [3.63, 3.8) is 0 Å². The molecule has 2 N–H and O–H groups in total. The second kappa shape index (κ2) is 14.1. The van der Waals surface area contributed by atoms with Crippen LogP contribution in [0.5, 0.6) is 0 Å². The van der Waals surface area contributed by atoms with Crippen LogP contribution in [0, 0.1) is 0 Å². The van der Waals surface area contributed by atoms with E-state index in [4.69, 9.17) is 9.98 Å². The molecule has 2 atom stereocenters. The van der Waals surface area contributed by atoms with Crippen molar-refractivity contribution in [2.45, 2.75) is 25.0 Å². The number of hydrogen-bond donors (Lipinski definition) is 2. The summed E-state index contributed by atoms with van der Waals surface area (Å²) in [5.41, 5.74) is 13.2. The Hall–Kier alpha value is -7.56. The molecule has 2 aliphatic rings. The fourth-order valence-corrected chi connectivity index (χ4v) is 9.07. The third-order valence-corrected chi connectivity index (χ3v) is 12.4. The third kappa shape index (κ3) is 6.16. The summed E-state index contributed by atoms with van der Waals surface area (Å²) in [6.07, 6.45) is 0. The average Bonchev–Trinajstić information content (AvgIpc) is 3.31.